The lowest BCUT2D eigenvalue weighted by Crippen LogP contribution is -2.40. The Bertz CT molecular complexity index is 485. The van der Waals surface area contributed by atoms with Crippen molar-refractivity contribution in [2.24, 2.45) is 5.92 Å². The molecule has 1 aliphatic rings. The third kappa shape index (κ3) is 9.10. The fourth-order valence-corrected chi connectivity index (χ4v) is 2.35. The van der Waals surface area contributed by atoms with Crippen LogP contribution in [0.5, 0.6) is 0 Å². The van der Waals surface area contributed by atoms with Gasteiger partial charge in [0.2, 0.25) is 6.41 Å². The van der Waals surface area contributed by atoms with Gasteiger partial charge in [-0.15, -0.1) is 0 Å². The fourth-order valence-electron chi connectivity index (χ4n) is 2.35. The van der Waals surface area contributed by atoms with Crippen molar-refractivity contribution in [3.8, 4) is 0 Å². The van der Waals surface area contributed by atoms with Crippen molar-refractivity contribution in [1.29, 1.82) is 0 Å². The lowest BCUT2D eigenvalue weighted by molar-refractivity contribution is -0.109. The van der Waals surface area contributed by atoms with Gasteiger partial charge >= 0.3 is 6.09 Å². The zero-order chi connectivity index (χ0) is 18.5. The first kappa shape index (κ1) is 21.0. The molecule has 0 unspecified atom stereocenters. The summed E-state index contributed by atoms with van der Waals surface area (Å²) in [5, 5.41) is 2.69. The Balaban J connectivity index is 0.000000550. The Morgan fingerprint density at radius 1 is 1.28 bits per heavy atom. The van der Waals surface area contributed by atoms with Crippen LogP contribution >= 0.6 is 0 Å². The standard InChI is InChI=1S/C15H20N2O3.C4H10O/c18-12-16-10-13-6-8-17(9-7-13)15(19)20-11-14-4-2-1-3-5-14;1-4(2)5-3/h1-5,12-13H,6-11H2,(H,16,18);4H,1-3H3. The molecule has 1 aromatic rings. The number of ether oxygens (including phenoxy) is 2. The van der Waals surface area contributed by atoms with Crippen LogP contribution in [-0.2, 0) is 20.9 Å². The van der Waals surface area contributed by atoms with E-state index in [4.69, 9.17) is 9.47 Å². The van der Waals surface area contributed by atoms with Crippen LogP contribution in [-0.4, -0.2) is 50.3 Å². The summed E-state index contributed by atoms with van der Waals surface area (Å²) < 4.78 is 10.0. The average molecular weight is 350 g/mol. The summed E-state index contributed by atoms with van der Waals surface area (Å²) in [5.74, 6) is 0.457. The minimum absolute atomic E-state index is 0.254. The Kier molecular flexibility index (Phi) is 10.3. The van der Waals surface area contributed by atoms with Crippen LogP contribution in [0.4, 0.5) is 4.79 Å². The number of hydrogen-bond acceptors (Lipinski definition) is 4. The van der Waals surface area contributed by atoms with Gasteiger partial charge in [-0.05, 0) is 38.2 Å². The van der Waals surface area contributed by atoms with Gasteiger partial charge in [0.25, 0.3) is 0 Å². The average Bonchev–Trinajstić information content (AvgIpc) is 2.66. The van der Waals surface area contributed by atoms with Crippen LogP contribution in [0, 0.1) is 5.92 Å². The van der Waals surface area contributed by atoms with Crippen LogP contribution in [0.2, 0.25) is 0 Å². The van der Waals surface area contributed by atoms with Gasteiger partial charge in [-0.1, -0.05) is 30.3 Å². The molecular weight excluding hydrogens is 320 g/mol. The molecule has 2 rings (SSSR count). The molecule has 0 atom stereocenters. The van der Waals surface area contributed by atoms with Crippen molar-refractivity contribution in [3.05, 3.63) is 35.9 Å². The molecule has 1 heterocycles. The maximum Gasteiger partial charge on any atom is 0.410 e. The molecule has 1 N–H and O–H groups in total. The minimum Gasteiger partial charge on any atom is -0.445 e. The van der Waals surface area contributed by atoms with Crippen molar-refractivity contribution in [1.82, 2.24) is 10.2 Å². The number of methoxy groups -OCH3 is 1. The number of rotatable bonds is 6. The van der Waals surface area contributed by atoms with Gasteiger partial charge in [0.1, 0.15) is 6.61 Å². The minimum atomic E-state index is -0.254. The number of piperidine rings is 1. The molecule has 0 aromatic heterocycles. The molecule has 6 heteroatoms. The highest BCUT2D eigenvalue weighted by Gasteiger charge is 2.23. The predicted molar refractivity (Wildman–Crippen MR) is 97.1 cm³/mol. The molecule has 0 bridgehead atoms. The van der Waals surface area contributed by atoms with Gasteiger partial charge in [0.05, 0.1) is 6.10 Å². The number of carbonyl (C=O) groups is 2. The quantitative estimate of drug-likeness (QED) is 0.801. The molecule has 25 heavy (non-hydrogen) atoms. The zero-order valence-electron chi connectivity index (χ0n) is 15.4. The number of carbonyl (C=O) groups excluding carboxylic acids is 2. The van der Waals surface area contributed by atoms with E-state index in [0.29, 0.717) is 38.3 Å². The number of amides is 2. The van der Waals surface area contributed by atoms with Gasteiger partial charge < -0.3 is 19.7 Å². The number of benzene rings is 1. The molecule has 1 fully saturated rings. The van der Waals surface area contributed by atoms with E-state index in [1.165, 1.54) is 0 Å². The van der Waals surface area contributed by atoms with Gasteiger partial charge in [-0.2, -0.15) is 0 Å². The van der Waals surface area contributed by atoms with Crippen LogP contribution in [0.25, 0.3) is 0 Å². The maximum atomic E-state index is 11.9. The summed E-state index contributed by atoms with van der Waals surface area (Å²) in [7, 11) is 1.70. The first-order valence-electron chi connectivity index (χ1n) is 8.72. The highest BCUT2D eigenvalue weighted by Crippen LogP contribution is 2.17. The van der Waals surface area contributed by atoms with Crippen molar-refractivity contribution in [2.45, 2.75) is 39.4 Å². The number of nitrogens with one attached hydrogen (secondary N) is 1. The summed E-state index contributed by atoms with van der Waals surface area (Å²) >= 11 is 0. The van der Waals surface area contributed by atoms with Crippen LogP contribution in [0.1, 0.15) is 32.3 Å². The normalized spacial score (nSPS) is 14.5. The van der Waals surface area contributed by atoms with E-state index < -0.39 is 0 Å². The second-order valence-electron chi connectivity index (χ2n) is 6.28. The van der Waals surface area contributed by atoms with Crippen LogP contribution in [0.3, 0.4) is 0 Å². The van der Waals surface area contributed by atoms with Gasteiger partial charge in [-0.25, -0.2) is 4.79 Å². The Labute approximate surface area is 150 Å². The molecule has 1 saturated heterocycles. The molecule has 140 valence electrons. The van der Waals surface area contributed by atoms with E-state index in [1.807, 2.05) is 44.2 Å². The number of hydrogen-bond donors (Lipinski definition) is 1. The van der Waals surface area contributed by atoms with Gasteiger partial charge in [0.15, 0.2) is 0 Å². The summed E-state index contributed by atoms with van der Waals surface area (Å²) in [4.78, 5) is 23.9. The Morgan fingerprint density at radius 2 is 1.88 bits per heavy atom. The van der Waals surface area contributed by atoms with Crippen LogP contribution in [0.15, 0.2) is 30.3 Å². The Morgan fingerprint density at radius 3 is 2.40 bits per heavy atom. The summed E-state index contributed by atoms with van der Waals surface area (Å²) in [6.07, 6.45) is 2.66. The molecule has 2 amide bonds. The van der Waals surface area contributed by atoms with E-state index in [2.05, 4.69) is 5.32 Å². The Hall–Kier alpha value is -2.08. The largest absolute Gasteiger partial charge is 0.445 e. The van der Waals surface area contributed by atoms with E-state index in [-0.39, 0.29) is 6.09 Å². The smallest absolute Gasteiger partial charge is 0.410 e. The topological polar surface area (TPSA) is 67.9 Å². The molecule has 0 saturated carbocycles. The summed E-state index contributed by atoms with van der Waals surface area (Å²) in [6.45, 7) is 6.39. The summed E-state index contributed by atoms with van der Waals surface area (Å²) in [5.41, 5.74) is 0.992. The van der Waals surface area contributed by atoms with E-state index in [0.717, 1.165) is 24.8 Å². The third-order valence-electron chi connectivity index (χ3n) is 4.04. The predicted octanol–water partition coefficient (Wildman–Crippen LogP) is 2.82. The first-order chi connectivity index (χ1) is 12.1. The fraction of sp³-hybridized carbons (Fsp3) is 0.579. The molecular formula is C19H30N2O4. The van der Waals surface area contributed by atoms with Crippen molar-refractivity contribution in [2.75, 3.05) is 26.7 Å². The molecule has 1 aliphatic heterocycles. The second kappa shape index (κ2) is 12.3. The molecule has 6 nitrogen and oxygen atoms in total. The summed E-state index contributed by atoms with van der Waals surface area (Å²) in [6, 6.07) is 9.65. The second-order valence-corrected chi connectivity index (χ2v) is 6.28. The SMILES string of the molecule is COC(C)C.O=CNCC1CCN(C(=O)OCc2ccccc2)CC1. The third-order valence-corrected chi connectivity index (χ3v) is 4.04. The number of nitrogens with zero attached hydrogens (tertiary/aromatic N) is 1. The molecule has 1 aromatic carbocycles. The van der Waals surface area contributed by atoms with E-state index in [1.54, 1.807) is 12.0 Å². The molecule has 0 aliphatic carbocycles. The zero-order valence-corrected chi connectivity index (χ0v) is 15.4. The monoisotopic (exact) mass is 350 g/mol. The first-order valence-corrected chi connectivity index (χ1v) is 8.72. The van der Waals surface area contributed by atoms with Crippen molar-refractivity contribution >= 4 is 12.5 Å². The van der Waals surface area contributed by atoms with Gasteiger partial charge in [-0.3, -0.25) is 4.79 Å². The molecule has 0 radical (unpaired) electrons. The molecule has 0 spiro atoms. The lowest BCUT2D eigenvalue weighted by Gasteiger charge is -2.31. The van der Waals surface area contributed by atoms with Crippen LogP contribution < -0.4 is 5.32 Å². The highest BCUT2D eigenvalue weighted by molar-refractivity contribution is 5.67. The van der Waals surface area contributed by atoms with Crippen molar-refractivity contribution < 1.29 is 19.1 Å². The van der Waals surface area contributed by atoms with E-state index >= 15 is 0 Å². The van der Waals surface area contributed by atoms with E-state index in [9.17, 15) is 9.59 Å². The number of likely N-dealkylation sites (tertiary alicyclic amines) is 1. The van der Waals surface area contributed by atoms with Gasteiger partial charge in [0, 0.05) is 26.7 Å². The maximum absolute atomic E-state index is 11.9. The highest BCUT2D eigenvalue weighted by atomic mass is 16.6. The lowest BCUT2D eigenvalue weighted by atomic mass is 9.97. The van der Waals surface area contributed by atoms with Crippen molar-refractivity contribution in [3.63, 3.8) is 0 Å².